The van der Waals surface area contributed by atoms with Gasteiger partial charge in [-0.05, 0) is 30.5 Å². The summed E-state index contributed by atoms with van der Waals surface area (Å²) in [5.74, 6) is 0.319. The molecule has 4 aromatic rings. The van der Waals surface area contributed by atoms with Crippen LogP contribution in [0.2, 0.25) is 0 Å². The Morgan fingerprint density at radius 3 is 2.80 bits per heavy atom. The van der Waals surface area contributed by atoms with Crippen molar-refractivity contribution < 1.29 is 4.79 Å². The van der Waals surface area contributed by atoms with E-state index < -0.39 is 0 Å². The second kappa shape index (κ2) is 6.45. The lowest BCUT2D eigenvalue weighted by molar-refractivity contribution is 0.102. The van der Waals surface area contributed by atoms with Gasteiger partial charge in [0.05, 0.1) is 29.5 Å². The Morgan fingerprint density at radius 2 is 2.00 bits per heavy atom. The van der Waals surface area contributed by atoms with E-state index in [4.69, 9.17) is 0 Å². The van der Waals surface area contributed by atoms with E-state index in [0.29, 0.717) is 11.3 Å². The Labute approximate surface area is 148 Å². The summed E-state index contributed by atoms with van der Waals surface area (Å²) in [4.78, 5) is 22.4. The highest BCUT2D eigenvalue weighted by atomic mass is 32.1. The first kappa shape index (κ1) is 15.5. The molecule has 0 unspecified atom stereocenters. The average molecular weight is 349 g/mol. The van der Waals surface area contributed by atoms with Crippen LogP contribution in [0.1, 0.15) is 28.3 Å². The number of para-hydroxylation sites is 2. The molecule has 0 spiro atoms. The van der Waals surface area contributed by atoms with Gasteiger partial charge in [0.25, 0.3) is 5.91 Å². The quantitative estimate of drug-likeness (QED) is 0.609. The fraction of sp³-hybridized carbons (Fsp3) is 0.111. The molecule has 25 heavy (non-hydrogen) atoms. The lowest BCUT2D eigenvalue weighted by Gasteiger charge is -2.14. The smallest absolute Gasteiger partial charge is 0.277 e. The second-order valence-electron chi connectivity index (χ2n) is 5.55. The summed E-state index contributed by atoms with van der Waals surface area (Å²) in [7, 11) is 0. The van der Waals surface area contributed by atoms with Gasteiger partial charge in [-0.1, -0.05) is 18.2 Å². The lowest BCUT2D eigenvalue weighted by Crippen LogP contribution is -2.19. The van der Waals surface area contributed by atoms with Crippen molar-refractivity contribution in [2.24, 2.45) is 0 Å². The number of carbonyl (C=O) groups is 1. The number of amides is 1. The van der Waals surface area contributed by atoms with Crippen molar-refractivity contribution in [2.45, 2.75) is 13.0 Å². The van der Waals surface area contributed by atoms with Gasteiger partial charge in [-0.15, -0.1) is 11.3 Å². The summed E-state index contributed by atoms with van der Waals surface area (Å²) < 4.78 is 1.79. The molecule has 0 bridgehead atoms. The molecule has 7 heteroatoms. The fourth-order valence-electron chi connectivity index (χ4n) is 2.62. The van der Waals surface area contributed by atoms with Crippen molar-refractivity contribution in [1.82, 2.24) is 19.7 Å². The van der Waals surface area contributed by atoms with Crippen molar-refractivity contribution in [1.29, 1.82) is 0 Å². The largest absolute Gasteiger partial charge is 0.305 e. The molecule has 1 N–H and O–H groups in total. The van der Waals surface area contributed by atoms with Crippen molar-refractivity contribution in [2.75, 3.05) is 5.32 Å². The van der Waals surface area contributed by atoms with Crippen LogP contribution in [-0.2, 0) is 0 Å². The number of nitrogens with one attached hydrogen (secondary N) is 1. The van der Waals surface area contributed by atoms with Crippen LogP contribution < -0.4 is 5.32 Å². The molecule has 3 heterocycles. The van der Waals surface area contributed by atoms with Crippen LogP contribution in [0.25, 0.3) is 11.0 Å². The molecular formula is C18H15N5OS. The summed E-state index contributed by atoms with van der Waals surface area (Å²) in [6, 6.07) is 13.3. The van der Waals surface area contributed by atoms with Crippen LogP contribution in [0.3, 0.4) is 0 Å². The van der Waals surface area contributed by atoms with Crippen LogP contribution in [0.4, 0.5) is 5.82 Å². The predicted octanol–water partition coefficient (Wildman–Crippen LogP) is 3.75. The third kappa shape index (κ3) is 3.01. The lowest BCUT2D eigenvalue weighted by atomic mass is 10.3. The molecule has 0 aliphatic heterocycles. The first-order valence-electron chi connectivity index (χ1n) is 7.82. The minimum atomic E-state index is -0.307. The molecule has 0 fully saturated rings. The molecule has 1 aromatic carbocycles. The van der Waals surface area contributed by atoms with E-state index in [9.17, 15) is 4.79 Å². The Bertz CT molecular complexity index is 1020. The highest BCUT2D eigenvalue weighted by molar-refractivity contribution is 7.10. The van der Waals surface area contributed by atoms with E-state index in [-0.39, 0.29) is 17.6 Å². The summed E-state index contributed by atoms with van der Waals surface area (Å²) in [6.45, 7) is 2.05. The number of hydrogen-bond acceptors (Lipinski definition) is 5. The monoisotopic (exact) mass is 349 g/mol. The zero-order valence-corrected chi connectivity index (χ0v) is 14.3. The maximum atomic E-state index is 12.6. The maximum Gasteiger partial charge on any atom is 0.277 e. The number of carbonyl (C=O) groups excluding carboxylic acids is 1. The molecule has 0 saturated heterocycles. The highest BCUT2D eigenvalue weighted by Gasteiger charge is 2.16. The molecule has 4 rings (SSSR count). The molecule has 3 aromatic heterocycles. The van der Waals surface area contributed by atoms with Gasteiger partial charge in [0.1, 0.15) is 11.5 Å². The molecular weight excluding hydrogens is 334 g/mol. The summed E-state index contributed by atoms with van der Waals surface area (Å²) >= 11 is 1.66. The minimum absolute atomic E-state index is 0.0352. The van der Waals surface area contributed by atoms with Gasteiger partial charge in [-0.25, -0.2) is 9.67 Å². The third-order valence-corrected chi connectivity index (χ3v) is 4.96. The number of anilines is 1. The van der Waals surface area contributed by atoms with Crippen LogP contribution in [0, 0.1) is 0 Å². The van der Waals surface area contributed by atoms with Crippen molar-refractivity contribution in [3.63, 3.8) is 0 Å². The van der Waals surface area contributed by atoms with Crippen LogP contribution in [-0.4, -0.2) is 25.7 Å². The van der Waals surface area contributed by atoms with E-state index in [2.05, 4.69) is 26.4 Å². The summed E-state index contributed by atoms with van der Waals surface area (Å²) in [5.41, 5.74) is 1.72. The van der Waals surface area contributed by atoms with E-state index >= 15 is 0 Å². The fourth-order valence-corrected chi connectivity index (χ4v) is 3.39. The molecule has 6 nitrogen and oxygen atoms in total. The highest BCUT2D eigenvalue weighted by Crippen LogP contribution is 2.25. The van der Waals surface area contributed by atoms with Gasteiger partial charge in [0.2, 0.25) is 0 Å². The van der Waals surface area contributed by atoms with Gasteiger partial charge < -0.3 is 5.32 Å². The molecule has 124 valence electrons. The number of benzene rings is 1. The van der Waals surface area contributed by atoms with E-state index in [1.807, 2.05) is 42.6 Å². The Morgan fingerprint density at radius 1 is 1.16 bits per heavy atom. The van der Waals surface area contributed by atoms with Crippen molar-refractivity contribution in [3.05, 3.63) is 70.8 Å². The van der Waals surface area contributed by atoms with Crippen LogP contribution in [0.5, 0.6) is 0 Å². The van der Waals surface area contributed by atoms with Crippen molar-refractivity contribution >= 4 is 34.1 Å². The summed E-state index contributed by atoms with van der Waals surface area (Å²) in [5, 5.41) is 9.25. The van der Waals surface area contributed by atoms with Gasteiger partial charge in [-0.3, -0.25) is 9.78 Å². The van der Waals surface area contributed by atoms with E-state index in [0.717, 1.165) is 5.52 Å². The molecule has 0 aliphatic rings. The van der Waals surface area contributed by atoms with E-state index in [1.54, 1.807) is 28.3 Å². The third-order valence-electron chi connectivity index (χ3n) is 3.91. The van der Waals surface area contributed by atoms with Gasteiger partial charge in [0.15, 0.2) is 0 Å². The Kier molecular flexibility index (Phi) is 3.99. The van der Waals surface area contributed by atoms with E-state index in [1.165, 1.54) is 11.1 Å². The topological polar surface area (TPSA) is 72.7 Å². The molecule has 0 aliphatic carbocycles. The first-order chi connectivity index (χ1) is 12.2. The summed E-state index contributed by atoms with van der Waals surface area (Å²) in [6.07, 6.45) is 3.16. The van der Waals surface area contributed by atoms with Crippen LogP contribution >= 0.6 is 11.3 Å². The number of rotatable bonds is 4. The zero-order chi connectivity index (χ0) is 17.2. The normalized spacial score (nSPS) is 12.2. The molecule has 0 saturated carbocycles. The standard InChI is InChI=1S/C18H15N5OS/c1-12(16-7-4-10-25-16)23-17(8-9-20-23)22-18(24)15-11-19-13-5-2-3-6-14(13)21-15/h2-12H,1H3,(H,22,24)/t12-/m1/s1. The molecule has 1 amide bonds. The number of aromatic nitrogens is 4. The van der Waals surface area contributed by atoms with Crippen molar-refractivity contribution in [3.8, 4) is 0 Å². The van der Waals surface area contributed by atoms with Gasteiger partial charge >= 0.3 is 0 Å². The second-order valence-corrected chi connectivity index (χ2v) is 6.53. The number of nitrogens with zero attached hydrogens (tertiary/aromatic N) is 4. The Balaban J connectivity index is 1.59. The number of thiophene rings is 1. The SMILES string of the molecule is C[C@H](c1cccs1)n1nccc1NC(=O)c1cnc2ccccc2n1. The molecule has 1 atom stereocenters. The maximum absolute atomic E-state index is 12.6. The number of fused-ring (bicyclic) bond motifs is 1. The Hall–Kier alpha value is -3.06. The first-order valence-corrected chi connectivity index (χ1v) is 8.70. The minimum Gasteiger partial charge on any atom is -0.305 e. The van der Waals surface area contributed by atoms with Gasteiger partial charge in [-0.2, -0.15) is 5.10 Å². The van der Waals surface area contributed by atoms with Gasteiger partial charge in [0, 0.05) is 10.9 Å². The number of hydrogen-bond donors (Lipinski definition) is 1. The van der Waals surface area contributed by atoms with Crippen LogP contribution in [0.15, 0.2) is 60.2 Å². The molecule has 0 radical (unpaired) electrons. The zero-order valence-electron chi connectivity index (χ0n) is 13.5. The predicted molar refractivity (Wildman–Crippen MR) is 97.9 cm³/mol. The average Bonchev–Trinajstić information content (AvgIpc) is 3.32.